The maximum Gasteiger partial charge on any atom is 0.264 e. The molecule has 3 aromatic carbocycles. The van der Waals surface area contributed by atoms with Gasteiger partial charge in [0.25, 0.3) is 10.0 Å². The third-order valence-corrected chi connectivity index (χ3v) is 8.38. The molecule has 0 fully saturated rings. The summed E-state index contributed by atoms with van der Waals surface area (Å²) in [6.07, 6.45) is 1.67. The standard InChI is InChI=1S/C30H35ClFN3O5S/c1-4-6-18-33-30(37)22(3)34(20-23-8-7-9-24(31)19-23)29(36)21-35(26-12-14-27(15-13-26)40-5-2)41(38,39)28-16-10-25(32)11-17-28/h7-17,19,22H,4-6,18,20-21H2,1-3H3,(H,33,37)/t22-/m0/s1. The number of amides is 2. The molecule has 1 atom stereocenters. The van der Waals surface area contributed by atoms with Gasteiger partial charge in [-0.3, -0.25) is 13.9 Å². The summed E-state index contributed by atoms with van der Waals surface area (Å²) in [6.45, 7) is 5.71. The van der Waals surface area contributed by atoms with Crippen molar-refractivity contribution in [2.75, 3.05) is 24.0 Å². The fourth-order valence-corrected chi connectivity index (χ4v) is 5.72. The fourth-order valence-electron chi connectivity index (χ4n) is 4.09. The van der Waals surface area contributed by atoms with Gasteiger partial charge in [-0.1, -0.05) is 37.1 Å². The predicted octanol–water partition coefficient (Wildman–Crippen LogP) is 5.41. The quantitative estimate of drug-likeness (QED) is 0.249. The molecule has 1 N–H and O–H groups in total. The maximum atomic E-state index is 13.9. The van der Waals surface area contributed by atoms with E-state index in [-0.39, 0.29) is 23.0 Å². The minimum atomic E-state index is -4.31. The predicted molar refractivity (Wildman–Crippen MR) is 158 cm³/mol. The topological polar surface area (TPSA) is 96.0 Å². The first-order chi connectivity index (χ1) is 19.6. The van der Waals surface area contributed by atoms with Crippen LogP contribution < -0.4 is 14.4 Å². The van der Waals surface area contributed by atoms with Gasteiger partial charge in [0.1, 0.15) is 24.2 Å². The number of hydrogen-bond donors (Lipinski definition) is 1. The molecule has 41 heavy (non-hydrogen) atoms. The maximum absolute atomic E-state index is 13.9. The van der Waals surface area contributed by atoms with Crippen LogP contribution >= 0.6 is 11.6 Å². The zero-order chi connectivity index (χ0) is 30.0. The average molecular weight is 604 g/mol. The first-order valence-corrected chi connectivity index (χ1v) is 15.2. The van der Waals surface area contributed by atoms with E-state index in [9.17, 15) is 22.4 Å². The Morgan fingerprint density at radius 3 is 2.32 bits per heavy atom. The summed E-state index contributed by atoms with van der Waals surface area (Å²) in [5.74, 6) is -1.03. The van der Waals surface area contributed by atoms with Crippen LogP contribution in [0.4, 0.5) is 10.1 Å². The molecule has 220 valence electrons. The third kappa shape index (κ3) is 8.68. The van der Waals surface area contributed by atoms with Crippen LogP contribution in [0.5, 0.6) is 5.75 Å². The van der Waals surface area contributed by atoms with Crippen molar-refractivity contribution in [1.82, 2.24) is 10.2 Å². The molecule has 0 aromatic heterocycles. The minimum Gasteiger partial charge on any atom is -0.494 e. The normalized spacial score (nSPS) is 11.9. The summed E-state index contributed by atoms with van der Waals surface area (Å²) in [5, 5.41) is 3.30. The zero-order valence-electron chi connectivity index (χ0n) is 23.3. The lowest BCUT2D eigenvalue weighted by atomic mass is 10.1. The molecular formula is C30H35ClFN3O5S. The van der Waals surface area contributed by atoms with Crippen molar-refractivity contribution in [2.24, 2.45) is 0 Å². The number of nitrogens with zero attached hydrogens (tertiary/aromatic N) is 2. The molecule has 0 aliphatic rings. The minimum absolute atomic E-state index is 0.0233. The molecule has 3 rings (SSSR count). The van der Waals surface area contributed by atoms with Gasteiger partial charge in [0.2, 0.25) is 11.8 Å². The molecule has 0 spiro atoms. The van der Waals surface area contributed by atoms with E-state index in [4.69, 9.17) is 16.3 Å². The van der Waals surface area contributed by atoms with Gasteiger partial charge in [-0.05, 0) is 86.5 Å². The Kier molecular flexibility index (Phi) is 11.5. The number of ether oxygens (including phenoxy) is 1. The van der Waals surface area contributed by atoms with E-state index in [2.05, 4.69) is 5.32 Å². The van der Waals surface area contributed by atoms with Crippen molar-refractivity contribution in [2.45, 2.75) is 51.1 Å². The summed E-state index contributed by atoms with van der Waals surface area (Å²) >= 11 is 6.17. The second-order valence-electron chi connectivity index (χ2n) is 9.36. The van der Waals surface area contributed by atoms with Gasteiger partial charge in [-0.2, -0.15) is 0 Å². The summed E-state index contributed by atoms with van der Waals surface area (Å²) in [6, 6.07) is 16.6. The summed E-state index contributed by atoms with van der Waals surface area (Å²) in [7, 11) is -4.31. The number of anilines is 1. The number of rotatable bonds is 14. The van der Waals surface area contributed by atoms with E-state index >= 15 is 0 Å². The van der Waals surface area contributed by atoms with E-state index < -0.39 is 34.3 Å². The zero-order valence-corrected chi connectivity index (χ0v) is 24.9. The van der Waals surface area contributed by atoms with Crippen LogP contribution in [-0.4, -0.2) is 50.9 Å². The van der Waals surface area contributed by atoms with Crippen LogP contribution in [0, 0.1) is 5.82 Å². The first kappa shape index (κ1) is 31.9. The highest BCUT2D eigenvalue weighted by Gasteiger charge is 2.32. The molecule has 0 aliphatic carbocycles. The second kappa shape index (κ2) is 14.8. The van der Waals surface area contributed by atoms with Crippen molar-refractivity contribution < 1.29 is 27.1 Å². The van der Waals surface area contributed by atoms with Crippen molar-refractivity contribution in [3.8, 4) is 5.75 Å². The first-order valence-electron chi connectivity index (χ1n) is 13.4. The smallest absolute Gasteiger partial charge is 0.264 e. The van der Waals surface area contributed by atoms with Gasteiger partial charge in [-0.25, -0.2) is 12.8 Å². The Bertz CT molecular complexity index is 1420. The van der Waals surface area contributed by atoms with E-state index in [1.165, 1.54) is 17.0 Å². The Morgan fingerprint density at radius 2 is 1.71 bits per heavy atom. The van der Waals surface area contributed by atoms with Gasteiger partial charge < -0.3 is 15.0 Å². The molecule has 11 heteroatoms. The van der Waals surface area contributed by atoms with Crippen molar-refractivity contribution in [3.05, 3.63) is 89.2 Å². The molecule has 3 aromatic rings. The summed E-state index contributed by atoms with van der Waals surface area (Å²) in [4.78, 5) is 28.1. The van der Waals surface area contributed by atoms with Crippen LogP contribution in [-0.2, 0) is 26.2 Å². The number of unbranched alkanes of at least 4 members (excludes halogenated alkanes) is 1. The molecule has 0 heterocycles. The molecule has 8 nitrogen and oxygen atoms in total. The molecule has 0 aliphatic heterocycles. The lowest BCUT2D eigenvalue weighted by molar-refractivity contribution is -0.139. The lowest BCUT2D eigenvalue weighted by Gasteiger charge is -2.32. The molecular weight excluding hydrogens is 569 g/mol. The van der Waals surface area contributed by atoms with Crippen LogP contribution in [0.3, 0.4) is 0 Å². The Morgan fingerprint density at radius 1 is 1.02 bits per heavy atom. The largest absolute Gasteiger partial charge is 0.494 e. The molecule has 0 unspecified atom stereocenters. The number of hydrogen-bond acceptors (Lipinski definition) is 5. The monoisotopic (exact) mass is 603 g/mol. The van der Waals surface area contributed by atoms with Crippen LogP contribution in [0.2, 0.25) is 5.02 Å². The van der Waals surface area contributed by atoms with Crippen molar-refractivity contribution >= 4 is 39.1 Å². The Hall–Kier alpha value is -3.63. The number of sulfonamides is 1. The molecule has 0 saturated heterocycles. The SMILES string of the molecule is CCCCNC(=O)[C@H](C)N(Cc1cccc(Cl)c1)C(=O)CN(c1ccc(OCC)cc1)S(=O)(=O)c1ccc(F)cc1. The third-order valence-electron chi connectivity index (χ3n) is 6.36. The van der Waals surface area contributed by atoms with Gasteiger partial charge >= 0.3 is 0 Å². The van der Waals surface area contributed by atoms with E-state index in [1.807, 2.05) is 13.8 Å². The van der Waals surface area contributed by atoms with Crippen LogP contribution in [0.1, 0.15) is 39.2 Å². The van der Waals surface area contributed by atoms with E-state index in [0.29, 0.717) is 29.5 Å². The number of benzene rings is 3. The molecule has 0 saturated carbocycles. The molecule has 0 radical (unpaired) electrons. The fraction of sp³-hybridized carbons (Fsp3) is 0.333. The highest BCUT2D eigenvalue weighted by molar-refractivity contribution is 7.92. The van der Waals surface area contributed by atoms with Crippen LogP contribution in [0.25, 0.3) is 0 Å². The van der Waals surface area contributed by atoms with Gasteiger partial charge in [-0.15, -0.1) is 0 Å². The molecule has 0 bridgehead atoms. The number of carbonyl (C=O) groups excluding carboxylic acids is 2. The summed E-state index contributed by atoms with van der Waals surface area (Å²) in [5.41, 5.74) is 0.877. The van der Waals surface area contributed by atoms with Crippen molar-refractivity contribution in [1.29, 1.82) is 0 Å². The highest BCUT2D eigenvalue weighted by atomic mass is 35.5. The van der Waals surface area contributed by atoms with Crippen molar-refractivity contribution in [3.63, 3.8) is 0 Å². The van der Waals surface area contributed by atoms with Gasteiger partial charge in [0, 0.05) is 18.1 Å². The average Bonchev–Trinajstić information content (AvgIpc) is 2.95. The van der Waals surface area contributed by atoms with Gasteiger partial charge in [0.15, 0.2) is 0 Å². The van der Waals surface area contributed by atoms with E-state index in [0.717, 1.165) is 41.4 Å². The lowest BCUT2D eigenvalue weighted by Crippen LogP contribution is -2.51. The number of carbonyl (C=O) groups is 2. The van der Waals surface area contributed by atoms with Crippen LogP contribution in [0.15, 0.2) is 77.7 Å². The second-order valence-corrected chi connectivity index (χ2v) is 11.7. The Balaban J connectivity index is 2.00. The summed E-state index contributed by atoms with van der Waals surface area (Å²) < 4.78 is 47.6. The van der Waals surface area contributed by atoms with Gasteiger partial charge in [0.05, 0.1) is 17.2 Å². The Labute approximate surface area is 246 Å². The number of halogens is 2. The van der Waals surface area contributed by atoms with E-state index in [1.54, 1.807) is 43.3 Å². The highest BCUT2D eigenvalue weighted by Crippen LogP contribution is 2.27. The number of nitrogens with one attached hydrogen (secondary N) is 1. The molecule has 2 amide bonds.